The van der Waals surface area contributed by atoms with Crippen LogP contribution in [0.1, 0.15) is 38.7 Å². The summed E-state index contributed by atoms with van der Waals surface area (Å²) in [7, 11) is 1.53. The zero-order valence-corrected chi connectivity index (χ0v) is 20.2. The van der Waals surface area contributed by atoms with Gasteiger partial charge in [0.25, 0.3) is 11.8 Å². The van der Waals surface area contributed by atoms with Crippen LogP contribution in [0.3, 0.4) is 0 Å². The molecule has 35 heavy (non-hydrogen) atoms. The summed E-state index contributed by atoms with van der Waals surface area (Å²) in [5.74, 6) is 1.61. The van der Waals surface area contributed by atoms with Gasteiger partial charge in [-0.25, -0.2) is 5.43 Å². The summed E-state index contributed by atoms with van der Waals surface area (Å²) in [4.78, 5) is 27.0. The number of methoxy groups -OCH3 is 1. The molecule has 0 radical (unpaired) electrons. The van der Waals surface area contributed by atoms with E-state index in [2.05, 4.69) is 24.4 Å². The fourth-order valence-corrected chi connectivity index (χ4v) is 4.40. The molecule has 1 N–H and O–H groups in total. The molecular weight excluding hydrogens is 450 g/mol. The number of hydrogen-bond acceptors (Lipinski definition) is 7. The number of piperidine rings is 1. The summed E-state index contributed by atoms with van der Waals surface area (Å²) >= 11 is 0. The van der Waals surface area contributed by atoms with Crippen LogP contribution < -0.4 is 24.4 Å². The van der Waals surface area contributed by atoms with E-state index in [-0.39, 0.29) is 31.2 Å². The van der Waals surface area contributed by atoms with Crippen LogP contribution in [0.5, 0.6) is 23.0 Å². The van der Waals surface area contributed by atoms with Crippen molar-refractivity contribution in [1.82, 2.24) is 10.3 Å². The van der Waals surface area contributed by atoms with Gasteiger partial charge in [0.05, 0.1) is 13.3 Å². The van der Waals surface area contributed by atoms with E-state index >= 15 is 0 Å². The molecular formula is C26H31N3O6. The number of carbonyl (C=O) groups is 2. The van der Waals surface area contributed by atoms with Gasteiger partial charge < -0.3 is 23.8 Å². The second kappa shape index (κ2) is 11.1. The van der Waals surface area contributed by atoms with Gasteiger partial charge in [0.1, 0.15) is 6.61 Å². The van der Waals surface area contributed by atoms with Crippen molar-refractivity contribution in [2.75, 3.05) is 20.3 Å². The molecule has 4 rings (SSSR count). The molecule has 9 nitrogen and oxygen atoms in total. The van der Waals surface area contributed by atoms with Crippen molar-refractivity contribution >= 4 is 18.0 Å². The molecule has 2 heterocycles. The zero-order chi connectivity index (χ0) is 24.8. The summed E-state index contributed by atoms with van der Waals surface area (Å²) < 4.78 is 22.4. The van der Waals surface area contributed by atoms with E-state index in [1.165, 1.54) is 13.3 Å². The summed E-state index contributed by atoms with van der Waals surface area (Å²) in [6.07, 6.45) is 3.85. The third-order valence-corrected chi connectivity index (χ3v) is 6.21. The maximum absolute atomic E-state index is 12.7. The number of para-hydroxylation sites is 2. The molecule has 1 saturated heterocycles. The molecule has 2 aliphatic heterocycles. The molecule has 186 valence electrons. The van der Waals surface area contributed by atoms with Gasteiger partial charge in [-0.05, 0) is 69.0 Å². The highest BCUT2D eigenvalue weighted by Gasteiger charge is 2.29. The van der Waals surface area contributed by atoms with Gasteiger partial charge in [0.15, 0.2) is 29.6 Å². The normalized spacial score (nSPS) is 21.5. The van der Waals surface area contributed by atoms with Crippen LogP contribution in [0.25, 0.3) is 0 Å². The molecule has 0 saturated carbocycles. The number of hydrazone groups is 1. The van der Waals surface area contributed by atoms with Crippen molar-refractivity contribution in [3.63, 3.8) is 0 Å². The Morgan fingerprint density at radius 2 is 1.86 bits per heavy atom. The first-order chi connectivity index (χ1) is 17.0. The van der Waals surface area contributed by atoms with Gasteiger partial charge in [0, 0.05) is 12.1 Å². The molecule has 0 spiro atoms. The van der Waals surface area contributed by atoms with Crippen molar-refractivity contribution in [3.8, 4) is 23.0 Å². The lowest BCUT2D eigenvalue weighted by atomic mass is 9.97. The van der Waals surface area contributed by atoms with Crippen LogP contribution in [0.2, 0.25) is 0 Å². The number of hydrogen-bond donors (Lipinski definition) is 1. The van der Waals surface area contributed by atoms with E-state index < -0.39 is 12.0 Å². The molecule has 3 unspecified atom stereocenters. The van der Waals surface area contributed by atoms with E-state index in [0.717, 1.165) is 19.3 Å². The predicted octanol–water partition coefficient (Wildman–Crippen LogP) is 3.15. The Morgan fingerprint density at radius 1 is 1.11 bits per heavy atom. The molecule has 2 aromatic rings. The van der Waals surface area contributed by atoms with Gasteiger partial charge in [-0.1, -0.05) is 12.1 Å². The molecule has 1 fully saturated rings. The molecule has 0 bridgehead atoms. The minimum atomic E-state index is -0.796. The standard InChI is InChI=1S/C26H31N3O6/c1-17-7-6-8-18(2)29(17)25(30)16-34-21-12-11-19(13-23(21)32-3)14-27-28-26(31)24-15-33-20-9-4-5-10-22(20)35-24/h4-5,9-14,17-18,24H,6-8,15-16H2,1-3H3,(H,28,31)/b27-14+. The molecule has 0 aromatic heterocycles. The van der Waals surface area contributed by atoms with Crippen molar-refractivity contribution in [3.05, 3.63) is 48.0 Å². The Morgan fingerprint density at radius 3 is 2.60 bits per heavy atom. The van der Waals surface area contributed by atoms with E-state index in [1.54, 1.807) is 30.3 Å². The molecule has 2 aliphatic rings. The molecule has 0 aliphatic carbocycles. The lowest BCUT2D eigenvalue weighted by molar-refractivity contribution is -0.139. The Labute approximate surface area is 205 Å². The first-order valence-corrected chi connectivity index (χ1v) is 11.8. The van der Waals surface area contributed by atoms with Crippen LogP contribution in [-0.2, 0) is 9.59 Å². The highest BCUT2D eigenvalue weighted by molar-refractivity contribution is 5.85. The van der Waals surface area contributed by atoms with Gasteiger partial charge in [-0.3, -0.25) is 9.59 Å². The van der Waals surface area contributed by atoms with E-state index in [9.17, 15) is 9.59 Å². The smallest absolute Gasteiger partial charge is 0.284 e. The average molecular weight is 482 g/mol. The van der Waals surface area contributed by atoms with Crippen LogP contribution in [-0.4, -0.2) is 61.4 Å². The predicted molar refractivity (Wildman–Crippen MR) is 130 cm³/mol. The van der Waals surface area contributed by atoms with E-state index in [0.29, 0.717) is 28.6 Å². The van der Waals surface area contributed by atoms with E-state index in [4.69, 9.17) is 18.9 Å². The van der Waals surface area contributed by atoms with Gasteiger partial charge >= 0.3 is 0 Å². The molecule has 9 heteroatoms. The number of carbonyl (C=O) groups excluding carboxylic acids is 2. The van der Waals surface area contributed by atoms with Gasteiger partial charge in [-0.15, -0.1) is 0 Å². The lowest BCUT2D eigenvalue weighted by Gasteiger charge is -2.39. The minimum Gasteiger partial charge on any atom is -0.493 e. The number of benzene rings is 2. The van der Waals surface area contributed by atoms with Crippen molar-refractivity contribution in [1.29, 1.82) is 0 Å². The lowest BCUT2D eigenvalue weighted by Crippen LogP contribution is -2.49. The molecule has 2 aromatic carbocycles. The molecule has 3 atom stereocenters. The number of ether oxygens (including phenoxy) is 4. The fraction of sp³-hybridized carbons (Fsp3) is 0.423. The number of fused-ring (bicyclic) bond motifs is 1. The zero-order valence-electron chi connectivity index (χ0n) is 20.2. The quantitative estimate of drug-likeness (QED) is 0.482. The molecule has 2 amide bonds. The maximum Gasteiger partial charge on any atom is 0.284 e. The third kappa shape index (κ3) is 5.85. The van der Waals surface area contributed by atoms with Crippen LogP contribution >= 0.6 is 0 Å². The van der Waals surface area contributed by atoms with Crippen molar-refractivity contribution in [2.24, 2.45) is 5.10 Å². The summed E-state index contributed by atoms with van der Waals surface area (Å²) in [6.45, 7) is 4.20. The second-order valence-electron chi connectivity index (χ2n) is 8.73. The van der Waals surface area contributed by atoms with Crippen LogP contribution in [0.15, 0.2) is 47.6 Å². The van der Waals surface area contributed by atoms with Gasteiger partial charge in [-0.2, -0.15) is 5.10 Å². The van der Waals surface area contributed by atoms with Crippen molar-refractivity contribution in [2.45, 2.75) is 51.3 Å². The summed E-state index contributed by atoms with van der Waals surface area (Å²) in [5.41, 5.74) is 3.16. The Kier molecular flexibility index (Phi) is 7.74. The van der Waals surface area contributed by atoms with Crippen LogP contribution in [0, 0.1) is 0 Å². The second-order valence-corrected chi connectivity index (χ2v) is 8.73. The van der Waals surface area contributed by atoms with Crippen LogP contribution in [0.4, 0.5) is 0 Å². The summed E-state index contributed by atoms with van der Waals surface area (Å²) in [5, 5.41) is 4.01. The highest BCUT2D eigenvalue weighted by Crippen LogP contribution is 2.31. The van der Waals surface area contributed by atoms with E-state index in [1.807, 2.05) is 17.0 Å². The number of likely N-dealkylation sites (tertiary alicyclic amines) is 1. The van der Waals surface area contributed by atoms with Crippen molar-refractivity contribution < 1.29 is 28.5 Å². The SMILES string of the molecule is COc1cc(/C=N/NC(=O)C2COc3ccccc3O2)ccc1OCC(=O)N1C(C)CCCC1C. The maximum atomic E-state index is 12.7. The Balaban J connectivity index is 1.31. The Bertz CT molecular complexity index is 1080. The number of nitrogens with one attached hydrogen (secondary N) is 1. The highest BCUT2D eigenvalue weighted by atomic mass is 16.6. The third-order valence-electron chi connectivity index (χ3n) is 6.21. The number of amides is 2. The summed E-state index contributed by atoms with van der Waals surface area (Å²) in [6, 6.07) is 12.8. The van der Waals surface area contributed by atoms with Gasteiger partial charge in [0.2, 0.25) is 6.10 Å². The topological polar surface area (TPSA) is 98.7 Å². The average Bonchev–Trinajstić information content (AvgIpc) is 2.87. The largest absolute Gasteiger partial charge is 0.493 e. The minimum absolute atomic E-state index is 0.0309. The first kappa shape index (κ1) is 24.4. The number of nitrogens with zero attached hydrogens (tertiary/aromatic N) is 2. The number of rotatable bonds is 7. The fourth-order valence-electron chi connectivity index (χ4n) is 4.40. The monoisotopic (exact) mass is 481 g/mol. The Hall–Kier alpha value is -3.75. The first-order valence-electron chi connectivity index (χ1n) is 11.8.